The molecule has 0 saturated carbocycles. The molecule has 0 bridgehead atoms. The van der Waals surface area contributed by atoms with E-state index < -0.39 is 0 Å². The van der Waals surface area contributed by atoms with E-state index in [1.54, 1.807) is 12.1 Å². The van der Waals surface area contributed by atoms with E-state index in [9.17, 15) is 5.11 Å². The molecule has 1 saturated heterocycles. The second kappa shape index (κ2) is 13.2. The molecule has 3 N–H and O–H groups in total. The zero-order valence-corrected chi connectivity index (χ0v) is 19.4. The number of hydrogen-bond acceptors (Lipinski definition) is 3. The van der Waals surface area contributed by atoms with E-state index >= 15 is 0 Å². The first-order chi connectivity index (χ1) is 12.6. The highest BCUT2D eigenvalue weighted by Gasteiger charge is 2.20. The van der Waals surface area contributed by atoms with Crippen LogP contribution in [0.1, 0.15) is 45.6 Å². The van der Waals surface area contributed by atoms with Gasteiger partial charge in [-0.05, 0) is 56.2 Å². The van der Waals surface area contributed by atoms with Crippen LogP contribution >= 0.6 is 24.0 Å². The summed E-state index contributed by atoms with van der Waals surface area (Å²) in [5.74, 6) is 2.01. The van der Waals surface area contributed by atoms with Crippen LogP contribution in [-0.4, -0.2) is 54.7 Å². The molecule has 27 heavy (non-hydrogen) atoms. The Morgan fingerprint density at radius 1 is 1.22 bits per heavy atom. The van der Waals surface area contributed by atoms with Gasteiger partial charge in [-0.25, -0.2) is 0 Å². The number of halogens is 1. The molecule has 1 aromatic carbocycles. The number of piperidine rings is 1. The average molecular weight is 488 g/mol. The Balaban J connectivity index is 0.00000364. The number of nitrogens with zero attached hydrogens (tertiary/aromatic N) is 2. The maximum absolute atomic E-state index is 9.33. The third kappa shape index (κ3) is 9.65. The van der Waals surface area contributed by atoms with E-state index in [0.717, 1.165) is 37.8 Å². The minimum atomic E-state index is 0. The van der Waals surface area contributed by atoms with Gasteiger partial charge in [0.05, 0.1) is 0 Å². The van der Waals surface area contributed by atoms with Gasteiger partial charge in [-0.2, -0.15) is 0 Å². The molecule has 0 atom stereocenters. The van der Waals surface area contributed by atoms with Crippen molar-refractivity contribution >= 4 is 29.9 Å². The molecule has 0 amide bonds. The number of phenols is 1. The van der Waals surface area contributed by atoms with Crippen LogP contribution in [-0.2, 0) is 6.42 Å². The van der Waals surface area contributed by atoms with Gasteiger partial charge in [0.2, 0.25) is 0 Å². The third-order valence-electron chi connectivity index (χ3n) is 4.73. The summed E-state index contributed by atoms with van der Waals surface area (Å²) in [6, 6.07) is 7.97. The van der Waals surface area contributed by atoms with Crippen molar-refractivity contribution in [1.82, 2.24) is 15.5 Å². The topological polar surface area (TPSA) is 59.9 Å². The van der Waals surface area contributed by atoms with Gasteiger partial charge in [0.1, 0.15) is 5.75 Å². The lowest BCUT2D eigenvalue weighted by Crippen LogP contribution is -2.49. The molecule has 154 valence electrons. The summed E-state index contributed by atoms with van der Waals surface area (Å²) in [5.41, 5.74) is 1.24. The summed E-state index contributed by atoms with van der Waals surface area (Å²) in [6.07, 6.45) is 4.36. The molecule has 0 radical (unpaired) electrons. The number of phenolic OH excluding ortho intramolecular Hbond substituents is 1. The average Bonchev–Trinajstić information content (AvgIpc) is 2.61. The predicted molar refractivity (Wildman–Crippen MR) is 125 cm³/mol. The van der Waals surface area contributed by atoms with Crippen LogP contribution in [0, 0.1) is 5.92 Å². The summed E-state index contributed by atoms with van der Waals surface area (Å²) in [5, 5.41) is 16.3. The summed E-state index contributed by atoms with van der Waals surface area (Å²) < 4.78 is 0. The number of benzene rings is 1. The van der Waals surface area contributed by atoms with Crippen LogP contribution in [0.3, 0.4) is 0 Å². The zero-order chi connectivity index (χ0) is 18.8. The van der Waals surface area contributed by atoms with E-state index in [1.807, 2.05) is 12.1 Å². The lowest BCUT2D eigenvalue weighted by Gasteiger charge is -2.34. The van der Waals surface area contributed by atoms with E-state index in [2.05, 4.69) is 36.3 Å². The maximum Gasteiger partial charge on any atom is 0.191 e. The highest BCUT2D eigenvalue weighted by molar-refractivity contribution is 14.0. The number of rotatable bonds is 8. The number of aromatic hydroxyl groups is 1. The summed E-state index contributed by atoms with van der Waals surface area (Å²) >= 11 is 0. The second-order valence-corrected chi connectivity index (χ2v) is 7.64. The van der Waals surface area contributed by atoms with Crippen molar-refractivity contribution in [2.45, 2.75) is 52.5 Å². The first kappa shape index (κ1) is 24.0. The zero-order valence-electron chi connectivity index (χ0n) is 17.1. The molecule has 0 aromatic heterocycles. The smallest absolute Gasteiger partial charge is 0.191 e. The van der Waals surface area contributed by atoms with Crippen molar-refractivity contribution in [2.24, 2.45) is 10.9 Å². The molecule has 0 spiro atoms. The molecular weight excluding hydrogens is 451 g/mol. The molecule has 6 heteroatoms. The van der Waals surface area contributed by atoms with Crippen LogP contribution in [0.5, 0.6) is 5.75 Å². The highest BCUT2D eigenvalue weighted by Crippen LogP contribution is 2.13. The van der Waals surface area contributed by atoms with E-state index in [4.69, 9.17) is 4.99 Å². The number of guanidine groups is 1. The molecule has 1 aliphatic rings. The quantitative estimate of drug-likeness (QED) is 0.227. The minimum Gasteiger partial charge on any atom is -0.508 e. The van der Waals surface area contributed by atoms with Gasteiger partial charge < -0.3 is 20.6 Å². The number of likely N-dealkylation sites (tertiary alicyclic amines) is 1. The number of aryl methyl sites for hydroxylation is 1. The van der Waals surface area contributed by atoms with Crippen molar-refractivity contribution in [3.63, 3.8) is 0 Å². The van der Waals surface area contributed by atoms with Crippen LogP contribution in [0.2, 0.25) is 0 Å². The SMILES string of the molecule is CCNC(=NCCCc1ccc(O)cc1)NC1CCN(CC(C)C)CC1.I. The fourth-order valence-electron chi connectivity index (χ4n) is 3.43. The van der Waals surface area contributed by atoms with Gasteiger partial charge in [-0.15, -0.1) is 24.0 Å². The van der Waals surface area contributed by atoms with Crippen LogP contribution in [0.25, 0.3) is 0 Å². The lowest BCUT2D eigenvalue weighted by atomic mass is 10.0. The normalized spacial score (nSPS) is 16.2. The van der Waals surface area contributed by atoms with Crippen molar-refractivity contribution < 1.29 is 5.11 Å². The number of hydrogen-bond donors (Lipinski definition) is 3. The lowest BCUT2D eigenvalue weighted by molar-refractivity contribution is 0.187. The molecule has 1 fully saturated rings. The summed E-state index contributed by atoms with van der Waals surface area (Å²) in [6.45, 7) is 11.9. The van der Waals surface area contributed by atoms with Gasteiger partial charge in [0.15, 0.2) is 5.96 Å². The van der Waals surface area contributed by atoms with Gasteiger partial charge in [-0.3, -0.25) is 4.99 Å². The fourth-order valence-corrected chi connectivity index (χ4v) is 3.43. The molecule has 1 aliphatic heterocycles. The van der Waals surface area contributed by atoms with Crippen molar-refractivity contribution in [2.75, 3.05) is 32.7 Å². The molecule has 5 nitrogen and oxygen atoms in total. The first-order valence-electron chi connectivity index (χ1n) is 10.1. The Labute approximate surface area is 182 Å². The van der Waals surface area contributed by atoms with Crippen LogP contribution in [0.4, 0.5) is 0 Å². The van der Waals surface area contributed by atoms with Gasteiger partial charge in [0, 0.05) is 38.8 Å². The van der Waals surface area contributed by atoms with E-state index in [1.165, 1.54) is 38.0 Å². The Kier molecular flexibility index (Phi) is 11.7. The Morgan fingerprint density at radius 2 is 1.89 bits per heavy atom. The number of nitrogens with one attached hydrogen (secondary N) is 2. The van der Waals surface area contributed by atoms with E-state index in [0.29, 0.717) is 11.8 Å². The second-order valence-electron chi connectivity index (χ2n) is 7.64. The number of aliphatic imine (C=N–C) groups is 1. The van der Waals surface area contributed by atoms with Gasteiger partial charge in [0.25, 0.3) is 0 Å². The molecule has 0 unspecified atom stereocenters. The Hall–Kier alpha value is -1.02. The summed E-state index contributed by atoms with van der Waals surface area (Å²) in [4.78, 5) is 7.31. The Bertz CT molecular complexity index is 540. The fraction of sp³-hybridized carbons (Fsp3) is 0.667. The van der Waals surface area contributed by atoms with Crippen molar-refractivity contribution in [3.8, 4) is 5.75 Å². The van der Waals surface area contributed by atoms with Crippen molar-refractivity contribution in [1.29, 1.82) is 0 Å². The van der Waals surface area contributed by atoms with Gasteiger partial charge in [-0.1, -0.05) is 26.0 Å². The standard InChI is InChI=1S/C21H36N4O.HI/c1-4-22-21(23-13-5-6-18-7-9-20(26)10-8-18)24-19-11-14-25(15-12-19)16-17(2)3;/h7-10,17,19,26H,4-6,11-16H2,1-3H3,(H2,22,23,24);1H. The molecular formula is C21H37IN4O. The van der Waals surface area contributed by atoms with Crippen LogP contribution < -0.4 is 10.6 Å². The third-order valence-corrected chi connectivity index (χ3v) is 4.73. The summed E-state index contributed by atoms with van der Waals surface area (Å²) in [7, 11) is 0. The first-order valence-corrected chi connectivity index (χ1v) is 10.1. The minimum absolute atomic E-state index is 0. The largest absolute Gasteiger partial charge is 0.508 e. The van der Waals surface area contributed by atoms with E-state index in [-0.39, 0.29) is 24.0 Å². The van der Waals surface area contributed by atoms with Gasteiger partial charge >= 0.3 is 0 Å². The predicted octanol–water partition coefficient (Wildman–Crippen LogP) is 3.62. The van der Waals surface area contributed by atoms with Crippen molar-refractivity contribution in [3.05, 3.63) is 29.8 Å². The highest BCUT2D eigenvalue weighted by atomic mass is 127. The molecule has 1 aromatic rings. The Morgan fingerprint density at radius 3 is 2.48 bits per heavy atom. The molecule has 1 heterocycles. The van der Waals surface area contributed by atoms with Crippen LogP contribution in [0.15, 0.2) is 29.3 Å². The molecule has 2 rings (SSSR count). The molecule has 0 aliphatic carbocycles. The maximum atomic E-state index is 9.33. The monoisotopic (exact) mass is 488 g/mol.